The number of benzene rings is 3. The predicted octanol–water partition coefficient (Wildman–Crippen LogP) is 3.53. The third kappa shape index (κ3) is 4.89. The number of nitrogens with two attached hydrogens (primary N) is 1. The Balaban J connectivity index is 1.53. The lowest BCUT2D eigenvalue weighted by Gasteiger charge is -2.41. The number of aryl methyl sites for hydroxylation is 1. The van der Waals surface area contributed by atoms with Gasteiger partial charge in [0.1, 0.15) is 0 Å². The topological polar surface area (TPSA) is 72.6 Å². The highest BCUT2D eigenvalue weighted by Gasteiger charge is 2.43. The van der Waals surface area contributed by atoms with Crippen molar-refractivity contribution in [2.75, 3.05) is 19.7 Å². The minimum atomic E-state index is -1.24. The SMILES string of the molecule is Cc1cccc(CC(=O)N2CCO[C@](Cc3cccc(-c4ccccc4)c3)(C(N)=O)C2)c1. The number of carbonyl (C=O) groups is 2. The monoisotopic (exact) mass is 428 g/mol. The van der Waals surface area contributed by atoms with E-state index in [1.54, 1.807) is 4.90 Å². The van der Waals surface area contributed by atoms with Gasteiger partial charge in [0.2, 0.25) is 5.91 Å². The van der Waals surface area contributed by atoms with Crippen molar-refractivity contribution >= 4 is 11.8 Å². The molecule has 0 unspecified atom stereocenters. The molecule has 0 bridgehead atoms. The van der Waals surface area contributed by atoms with Gasteiger partial charge in [-0.25, -0.2) is 0 Å². The maximum absolute atomic E-state index is 13.0. The summed E-state index contributed by atoms with van der Waals surface area (Å²) in [5, 5.41) is 0. The van der Waals surface area contributed by atoms with Crippen molar-refractivity contribution in [1.82, 2.24) is 4.90 Å². The first-order chi connectivity index (χ1) is 15.4. The minimum absolute atomic E-state index is 0.0254. The van der Waals surface area contributed by atoms with Gasteiger partial charge >= 0.3 is 0 Å². The third-order valence-electron chi connectivity index (χ3n) is 5.95. The quantitative estimate of drug-likeness (QED) is 0.653. The normalized spacial score (nSPS) is 18.3. The summed E-state index contributed by atoms with van der Waals surface area (Å²) in [4.78, 5) is 27.3. The summed E-state index contributed by atoms with van der Waals surface area (Å²) in [6.45, 7) is 2.89. The summed E-state index contributed by atoms with van der Waals surface area (Å²) in [6.07, 6.45) is 0.608. The number of amides is 2. The van der Waals surface area contributed by atoms with Crippen LogP contribution >= 0.6 is 0 Å². The smallest absolute Gasteiger partial charge is 0.251 e. The van der Waals surface area contributed by atoms with E-state index in [-0.39, 0.29) is 19.1 Å². The molecule has 0 aromatic heterocycles. The van der Waals surface area contributed by atoms with Crippen LogP contribution in [0.3, 0.4) is 0 Å². The Morgan fingerprint density at radius 1 is 0.938 bits per heavy atom. The largest absolute Gasteiger partial charge is 0.367 e. The molecule has 1 fully saturated rings. The van der Waals surface area contributed by atoms with Crippen molar-refractivity contribution in [3.8, 4) is 11.1 Å². The number of rotatable bonds is 6. The van der Waals surface area contributed by atoms with Gasteiger partial charge in [-0.05, 0) is 29.2 Å². The summed E-state index contributed by atoms with van der Waals surface area (Å²) in [6, 6.07) is 26.0. The molecule has 3 aromatic rings. The van der Waals surface area contributed by atoms with E-state index in [9.17, 15) is 9.59 Å². The van der Waals surface area contributed by atoms with Crippen LogP contribution in [0.25, 0.3) is 11.1 Å². The van der Waals surface area contributed by atoms with E-state index >= 15 is 0 Å². The van der Waals surface area contributed by atoms with Crippen LogP contribution in [0.4, 0.5) is 0 Å². The van der Waals surface area contributed by atoms with Crippen LogP contribution in [-0.4, -0.2) is 42.0 Å². The number of hydrogen-bond donors (Lipinski definition) is 1. The summed E-state index contributed by atoms with van der Waals surface area (Å²) in [5.41, 5.74) is 9.77. The molecule has 0 radical (unpaired) electrons. The average molecular weight is 429 g/mol. The second kappa shape index (κ2) is 9.37. The summed E-state index contributed by atoms with van der Waals surface area (Å²) in [5.74, 6) is -0.571. The van der Waals surface area contributed by atoms with E-state index in [4.69, 9.17) is 10.5 Å². The fraction of sp³-hybridized carbons (Fsp3) is 0.259. The van der Waals surface area contributed by atoms with Gasteiger partial charge < -0.3 is 15.4 Å². The zero-order chi connectivity index (χ0) is 22.6. The predicted molar refractivity (Wildman–Crippen MR) is 125 cm³/mol. The van der Waals surface area contributed by atoms with Gasteiger partial charge in [0.15, 0.2) is 5.60 Å². The fourth-order valence-corrected chi connectivity index (χ4v) is 4.27. The molecule has 4 rings (SSSR count). The Labute approximate surface area is 188 Å². The molecule has 0 saturated carbocycles. The number of primary amides is 1. The molecule has 5 heteroatoms. The van der Waals surface area contributed by atoms with E-state index < -0.39 is 11.5 Å². The molecule has 2 N–H and O–H groups in total. The standard InChI is InChI=1S/C27H28N2O3/c1-20-7-5-8-21(15-20)17-25(30)29-13-14-32-27(19-29,26(28)31)18-22-9-6-12-24(16-22)23-10-3-2-4-11-23/h2-12,15-16H,13-14,17-19H2,1H3,(H2,28,31)/t27-/m0/s1. The zero-order valence-corrected chi connectivity index (χ0v) is 18.3. The van der Waals surface area contributed by atoms with Crippen LogP contribution in [0.2, 0.25) is 0 Å². The molecule has 1 atom stereocenters. The molecule has 5 nitrogen and oxygen atoms in total. The molecule has 3 aromatic carbocycles. The zero-order valence-electron chi connectivity index (χ0n) is 18.3. The molecule has 0 aliphatic carbocycles. The first-order valence-corrected chi connectivity index (χ1v) is 10.9. The molecule has 1 aliphatic heterocycles. The molecule has 32 heavy (non-hydrogen) atoms. The van der Waals surface area contributed by atoms with Gasteiger partial charge in [-0.3, -0.25) is 9.59 Å². The highest BCUT2D eigenvalue weighted by molar-refractivity contribution is 5.86. The van der Waals surface area contributed by atoms with E-state index in [0.717, 1.165) is 27.8 Å². The molecule has 1 aliphatic rings. The lowest BCUT2D eigenvalue weighted by molar-refractivity contribution is -0.163. The average Bonchev–Trinajstić information content (AvgIpc) is 2.80. The van der Waals surface area contributed by atoms with Crippen LogP contribution in [0.15, 0.2) is 78.9 Å². The maximum atomic E-state index is 13.0. The first kappa shape index (κ1) is 21.8. The van der Waals surface area contributed by atoms with E-state index in [0.29, 0.717) is 19.4 Å². The molecule has 2 amide bonds. The number of carbonyl (C=O) groups excluding carboxylic acids is 2. The Kier molecular flexibility index (Phi) is 6.37. The fourth-order valence-electron chi connectivity index (χ4n) is 4.27. The third-order valence-corrected chi connectivity index (χ3v) is 5.95. The van der Waals surface area contributed by atoms with Gasteiger partial charge in [-0.1, -0.05) is 84.4 Å². The second-order valence-corrected chi connectivity index (χ2v) is 8.43. The van der Waals surface area contributed by atoms with Crippen LogP contribution < -0.4 is 5.73 Å². The van der Waals surface area contributed by atoms with Crippen molar-refractivity contribution in [3.05, 3.63) is 95.6 Å². The Morgan fingerprint density at radius 3 is 2.41 bits per heavy atom. The summed E-state index contributed by atoms with van der Waals surface area (Å²) >= 11 is 0. The van der Waals surface area contributed by atoms with Crippen molar-refractivity contribution in [1.29, 1.82) is 0 Å². The lowest BCUT2D eigenvalue weighted by Crippen LogP contribution is -2.61. The van der Waals surface area contributed by atoms with Crippen LogP contribution in [0, 0.1) is 6.92 Å². The molecule has 1 saturated heterocycles. The van der Waals surface area contributed by atoms with Crippen LogP contribution in [-0.2, 0) is 27.2 Å². The van der Waals surface area contributed by atoms with E-state index in [1.165, 1.54) is 0 Å². The Bertz CT molecular complexity index is 1110. The highest BCUT2D eigenvalue weighted by Crippen LogP contribution is 2.27. The number of hydrogen-bond acceptors (Lipinski definition) is 3. The van der Waals surface area contributed by atoms with Gasteiger partial charge in [0, 0.05) is 13.0 Å². The van der Waals surface area contributed by atoms with Gasteiger partial charge in [0.05, 0.1) is 19.6 Å². The number of nitrogens with zero attached hydrogens (tertiary/aromatic N) is 1. The molecule has 0 spiro atoms. The van der Waals surface area contributed by atoms with Crippen LogP contribution in [0.5, 0.6) is 0 Å². The number of morpholine rings is 1. The molecule has 164 valence electrons. The maximum Gasteiger partial charge on any atom is 0.251 e. The van der Waals surface area contributed by atoms with Crippen molar-refractivity contribution in [2.24, 2.45) is 5.73 Å². The van der Waals surface area contributed by atoms with Crippen molar-refractivity contribution in [2.45, 2.75) is 25.4 Å². The Hall–Kier alpha value is -3.44. The molecular weight excluding hydrogens is 400 g/mol. The van der Waals surface area contributed by atoms with E-state index in [2.05, 4.69) is 6.07 Å². The van der Waals surface area contributed by atoms with Crippen molar-refractivity contribution in [3.63, 3.8) is 0 Å². The lowest BCUT2D eigenvalue weighted by atomic mass is 9.90. The van der Waals surface area contributed by atoms with E-state index in [1.807, 2.05) is 79.7 Å². The first-order valence-electron chi connectivity index (χ1n) is 10.9. The van der Waals surface area contributed by atoms with Gasteiger partial charge in [-0.15, -0.1) is 0 Å². The second-order valence-electron chi connectivity index (χ2n) is 8.43. The molecular formula is C27H28N2O3. The highest BCUT2D eigenvalue weighted by atomic mass is 16.5. The summed E-state index contributed by atoms with van der Waals surface area (Å²) in [7, 11) is 0. The summed E-state index contributed by atoms with van der Waals surface area (Å²) < 4.78 is 5.96. The van der Waals surface area contributed by atoms with Gasteiger partial charge in [0.25, 0.3) is 5.91 Å². The van der Waals surface area contributed by atoms with Crippen LogP contribution in [0.1, 0.15) is 16.7 Å². The molecule has 1 heterocycles. The minimum Gasteiger partial charge on any atom is -0.367 e. The van der Waals surface area contributed by atoms with Crippen molar-refractivity contribution < 1.29 is 14.3 Å². The Morgan fingerprint density at radius 2 is 1.66 bits per heavy atom. The number of ether oxygens (including phenoxy) is 1. The van der Waals surface area contributed by atoms with Gasteiger partial charge in [-0.2, -0.15) is 0 Å².